The van der Waals surface area contributed by atoms with Crippen LogP contribution in [0.25, 0.3) is 0 Å². The molecule has 8 heteroatoms. The number of anilines is 1. The van der Waals surface area contributed by atoms with E-state index in [1.165, 1.54) is 24.4 Å². The normalized spacial score (nSPS) is 10.5. The van der Waals surface area contributed by atoms with Crippen LogP contribution in [0.2, 0.25) is 0 Å². The molecule has 0 atom stereocenters. The Morgan fingerprint density at radius 2 is 1.55 bits per heavy atom. The Kier molecular flexibility index (Phi) is 6.06. The smallest absolute Gasteiger partial charge is 0.271 e. The van der Waals surface area contributed by atoms with E-state index in [2.05, 4.69) is 15.8 Å². The first kappa shape index (κ1) is 19.4. The Bertz CT molecular complexity index is 1060. The summed E-state index contributed by atoms with van der Waals surface area (Å²) in [4.78, 5) is 34.5. The maximum Gasteiger partial charge on any atom is 0.271 e. The molecule has 3 aromatic carbocycles. The fraction of sp³-hybridized carbons (Fsp3) is 0. The van der Waals surface area contributed by atoms with E-state index in [4.69, 9.17) is 0 Å². The molecule has 3 aromatic rings. The molecule has 0 unspecified atom stereocenters. The van der Waals surface area contributed by atoms with E-state index in [1.807, 2.05) is 6.07 Å². The lowest BCUT2D eigenvalue weighted by Crippen LogP contribution is -2.17. The number of hydrogen-bond donors (Lipinski definition) is 2. The molecule has 0 spiro atoms. The molecule has 29 heavy (non-hydrogen) atoms. The molecule has 2 amide bonds. The zero-order valence-corrected chi connectivity index (χ0v) is 15.1. The molecule has 0 bridgehead atoms. The van der Waals surface area contributed by atoms with Crippen LogP contribution < -0.4 is 10.7 Å². The summed E-state index contributed by atoms with van der Waals surface area (Å²) in [7, 11) is 0. The number of hydrogen-bond acceptors (Lipinski definition) is 5. The molecule has 0 aliphatic rings. The molecule has 0 aliphatic carbocycles. The van der Waals surface area contributed by atoms with E-state index in [1.54, 1.807) is 54.6 Å². The largest absolute Gasteiger partial charge is 0.322 e. The molecule has 144 valence electrons. The first-order valence-electron chi connectivity index (χ1n) is 8.57. The average Bonchev–Trinajstić information content (AvgIpc) is 2.75. The summed E-state index contributed by atoms with van der Waals surface area (Å²) in [5, 5.41) is 17.3. The predicted octanol–water partition coefficient (Wildman–Crippen LogP) is 3.61. The monoisotopic (exact) mass is 388 g/mol. The van der Waals surface area contributed by atoms with Crippen molar-refractivity contribution >= 4 is 29.4 Å². The minimum atomic E-state index is -0.506. The molecular formula is C21H16N4O4. The third-order valence-electron chi connectivity index (χ3n) is 3.90. The van der Waals surface area contributed by atoms with E-state index in [9.17, 15) is 19.7 Å². The van der Waals surface area contributed by atoms with Crippen LogP contribution in [0.15, 0.2) is 84.0 Å². The molecule has 0 aromatic heterocycles. The number of nitrogens with zero attached hydrogens (tertiary/aromatic N) is 2. The fourth-order valence-corrected chi connectivity index (χ4v) is 2.45. The van der Waals surface area contributed by atoms with Crippen LogP contribution in [0.5, 0.6) is 0 Å². The second kappa shape index (κ2) is 9.05. The van der Waals surface area contributed by atoms with Crippen LogP contribution in [-0.2, 0) is 0 Å². The lowest BCUT2D eigenvalue weighted by atomic mass is 10.1. The van der Waals surface area contributed by atoms with Gasteiger partial charge in [-0.2, -0.15) is 5.10 Å². The highest BCUT2D eigenvalue weighted by Crippen LogP contribution is 2.13. The van der Waals surface area contributed by atoms with Gasteiger partial charge >= 0.3 is 0 Å². The summed E-state index contributed by atoms with van der Waals surface area (Å²) >= 11 is 0. The number of rotatable bonds is 6. The number of nitrogens with one attached hydrogen (secondary N) is 2. The SMILES string of the molecule is O=C(N/N=C\c1cccc([N+](=O)[O-])c1)c1ccc(NC(=O)c2ccccc2)cc1. The van der Waals surface area contributed by atoms with Gasteiger partial charge in [0.2, 0.25) is 0 Å². The van der Waals surface area contributed by atoms with Crippen molar-refractivity contribution in [1.82, 2.24) is 5.43 Å². The van der Waals surface area contributed by atoms with Gasteiger partial charge in [-0.25, -0.2) is 5.43 Å². The summed E-state index contributed by atoms with van der Waals surface area (Å²) in [5.41, 5.74) is 4.21. The number of nitro benzene ring substituents is 1. The lowest BCUT2D eigenvalue weighted by Gasteiger charge is -2.06. The molecular weight excluding hydrogens is 372 g/mol. The second-order valence-electron chi connectivity index (χ2n) is 5.95. The highest BCUT2D eigenvalue weighted by Gasteiger charge is 2.08. The number of non-ortho nitro benzene ring substituents is 1. The molecule has 0 saturated carbocycles. The molecule has 0 heterocycles. The minimum absolute atomic E-state index is 0.0617. The van der Waals surface area contributed by atoms with Crippen LogP contribution in [-0.4, -0.2) is 23.0 Å². The van der Waals surface area contributed by atoms with E-state index in [0.717, 1.165) is 0 Å². The minimum Gasteiger partial charge on any atom is -0.322 e. The number of nitro groups is 1. The first-order chi connectivity index (χ1) is 14.0. The van der Waals surface area contributed by atoms with Gasteiger partial charge in [-0.1, -0.05) is 30.3 Å². The summed E-state index contributed by atoms with van der Waals surface area (Å²) in [6, 6.07) is 21.0. The number of benzene rings is 3. The maximum atomic E-state index is 12.1. The second-order valence-corrected chi connectivity index (χ2v) is 5.95. The Hall–Kier alpha value is -4.33. The van der Waals surface area contributed by atoms with Crippen molar-refractivity contribution in [2.75, 3.05) is 5.32 Å². The predicted molar refractivity (Wildman–Crippen MR) is 109 cm³/mol. The molecule has 0 radical (unpaired) electrons. The maximum absolute atomic E-state index is 12.1. The summed E-state index contributed by atoms with van der Waals surface area (Å²) in [6.07, 6.45) is 1.32. The average molecular weight is 388 g/mol. The van der Waals surface area contributed by atoms with E-state index >= 15 is 0 Å². The zero-order chi connectivity index (χ0) is 20.6. The Labute approximate surface area is 166 Å². The topological polar surface area (TPSA) is 114 Å². The van der Waals surface area contributed by atoms with Crippen LogP contribution in [0.1, 0.15) is 26.3 Å². The number of carbonyl (C=O) groups excluding carboxylic acids is 2. The summed E-state index contributed by atoms with van der Waals surface area (Å²) in [6.45, 7) is 0. The standard InChI is InChI=1S/C21H16N4O4/c26-20(16-6-2-1-3-7-16)23-18-11-9-17(10-12-18)21(27)24-22-14-15-5-4-8-19(13-15)25(28)29/h1-14H,(H,23,26)(H,24,27)/b22-14-. The van der Waals surface area contributed by atoms with Crippen molar-refractivity contribution in [1.29, 1.82) is 0 Å². The van der Waals surface area contributed by atoms with Crippen molar-refractivity contribution in [2.45, 2.75) is 0 Å². The highest BCUT2D eigenvalue weighted by molar-refractivity contribution is 6.04. The van der Waals surface area contributed by atoms with E-state index in [0.29, 0.717) is 22.4 Å². The third-order valence-corrected chi connectivity index (χ3v) is 3.90. The zero-order valence-electron chi connectivity index (χ0n) is 15.1. The first-order valence-corrected chi connectivity index (χ1v) is 8.57. The van der Waals surface area contributed by atoms with Crippen LogP contribution in [0, 0.1) is 10.1 Å². The molecule has 3 rings (SSSR count). The van der Waals surface area contributed by atoms with E-state index in [-0.39, 0.29) is 11.6 Å². The Balaban J connectivity index is 1.58. The Morgan fingerprint density at radius 3 is 2.24 bits per heavy atom. The van der Waals surface area contributed by atoms with Gasteiger partial charge in [0.15, 0.2) is 0 Å². The van der Waals surface area contributed by atoms with Gasteiger partial charge in [0, 0.05) is 34.5 Å². The molecule has 8 nitrogen and oxygen atoms in total. The van der Waals surface area contributed by atoms with Crippen LogP contribution in [0.4, 0.5) is 11.4 Å². The lowest BCUT2D eigenvalue weighted by molar-refractivity contribution is -0.384. The Morgan fingerprint density at radius 1 is 0.862 bits per heavy atom. The number of carbonyl (C=O) groups is 2. The van der Waals surface area contributed by atoms with Gasteiger partial charge in [0.25, 0.3) is 17.5 Å². The van der Waals surface area contributed by atoms with Gasteiger partial charge in [-0.05, 0) is 36.4 Å². The van der Waals surface area contributed by atoms with Crippen molar-refractivity contribution in [3.05, 3.63) is 106 Å². The molecule has 0 saturated heterocycles. The molecule has 0 aliphatic heterocycles. The van der Waals surface area contributed by atoms with Crippen LogP contribution in [0.3, 0.4) is 0 Å². The van der Waals surface area contributed by atoms with Crippen molar-refractivity contribution in [3.63, 3.8) is 0 Å². The van der Waals surface area contributed by atoms with E-state index < -0.39 is 10.8 Å². The highest BCUT2D eigenvalue weighted by atomic mass is 16.6. The quantitative estimate of drug-likeness (QED) is 0.381. The summed E-state index contributed by atoms with van der Waals surface area (Å²) in [5.74, 6) is -0.697. The number of hydrazone groups is 1. The van der Waals surface area contributed by atoms with Crippen molar-refractivity contribution < 1.29 is 14.5 Å². The van der Waals surface area contributed by atoms with Gasteiger partial charge in [0.1, 0.15) is 0 Å². The van der Waals surface area contributed by atoms with Gasteiger partial charge in [0.05, 0.1) is 11.1 Å². The van der Waals surface area contributed by atoms with Gasteiger partial charge in [-0.3, -0.25) is 19.7 Å². The molecule has 0 fully saturated rings. The molecule has 2 N–H and O–H groups in total. The third kappa shape index (κ3) is 5.33. The fourth-order valence-electron chi connectivity index (χ4n) is 2.45. The van der Waals surface area contributed by atoms with Crippen molar-refractivity contribution in [2.24, 2.45) is 5.10 Å². The van der Waals surface area contributed by atoms with Crippen LogP contribution >= 0.6 is 0 Å². The van der Waals surface area contributed by atoms with Gasteiger partial charge in [-0.15, -0.1) is 0 Å². The number of amides is 2. The summed E-state index contributed by atoms with van der Waals surface area (Å²) < 4.78 is 0. The van der Waals surface area contributed by atoms with Gasteiger partial charge < -0.3 is 5.32 Å². The van der Waals surface area contributed by atoms with Crippen molar-refractivity contribution in [3.8, 4) is 0 Å².